The number of aryl methyl sites for hydroxylation is 1. The Bertz CT molecular complexity index is 1330. The molecule has 180 valence electrons. The Morgan fingerprint density at radius 1 is 0.857 bits per heavy atom. The lowest BCUT2D eigenvalue weighted by Crippen LogP contribution is -2.30. The number of nitrogens with zero attached hydrogens (tertiary/aromatic N) is 1. The molecule has 4 rings (SSSR count). The SMILES string of the molecule is COc1ccc(C2/C(=C(\O)c3ccc(OC)c(OC)c3)C(=O)C(=O)N2c2cccc(C)c2C)cc1. The molecule has 1 aliphatic heterocycles. The second-order valence-corrected chi connectivity index (χ2v) is 8.23. The summed E-state index contributed by atoms with van der Waals surface area (Å²) < 4.78 is 15.9. The van der Waals surface area contributed by atoms with Gasteiger partial charge in [0.1, 0.15) is 11.5 Å². The van der Waals surface area contributed by atoms with Crippen LogP contribution in [0.3, 0.4) is 0 Å². The quantitative estimate of drug-likeness (QED) is 0.310. The monoisotopic (exact) mass is 473 g/mol. The fourth-order valence-electron chi connectivity index (χ4n) is 4.32. The van der Waals surface area contributed by atoms with Crippen LogP contribution in [0.25, 0.3) is 5.76 Å². The first kappa shape index (κ1) is 23.9. The van der Waals surface area contributed by atoms with Gasteiger partial charge in [0, 0.05) is 11.3 Å². The van der Waals surface area contributed by atoms with Crippen LogP contribution in [-0.4, -0.2) is 38.1 Å². The highest BCUT2D eigenvalue weighted by molar-refractivity contribution is 6.51. The zero-order valence-corrected chi connectivity index (χ0v) is 20.3. The molecule has 1 amide bonds. The largest absolute Gasteiger partial charge is 0.507 e. The van der Waals surface area contributed by atoms with Gasteiger partial charge in [0.15, 0.2) is 11.5 Å². The number of ether oxygens (including phenoxy) is 3. The Labute approximate surface area is 204 Å². The second-order valence-electron chi connectivity index (χ2n) is 8.23. The summed E-state index contributed by atoms with van der Waals surface area (Å²) in [7, 11) is 4.56. The Morgan fingerprint density at radius 3 is 2.17 bits per heavy atom. The first-order chi connectivity index (χ1) is 16.8. The molecule has 0 radical (unpaired) electrons. The van der Waals surface area contributed by atoms with E-state index in [9.17, 15) is 14.7 Å². The number of carbonyl (C=O) groups is 2. The van der Waals surface area contributed by atoms with E-state index in [0.717, 1.165) is 11.1 Å². The number of aliphatic hydroxyl groups excluding tert-OH is 1. The number of methoxy groups -OCH3 is 3. The number of carbonyl (C=O) groups excluding carboxylic acids is 2. The van der Waals surface area contributed by atoms with Gasteiger partial charge < -0.3 is 19.3 Å². The number of anilines is 1. The molecule has 0 saturated carbocycles. The summed E-state index contributed by atoms with van der Waals surface area (Å²) in [5, 5.41) is 11.4. The third kappa shape index (κ3) is 4.10. The molecule has 0 aromatic heterocycles. The Kier molecular flexibility index (Phi) is 6.51. The van der Waals surface area contributed by atoms with Crippen LogP contribution in [0.2, 0.25) is 0 Å². The fraction of sp³-hybridized carbons (Fsp3) is 0.214. The van der Waals surface area contributed by atoms with Crippen LogP contribution in [0.4, 0.5) is 5.69 Å². The number of ketones is 1. The minimum Gasteiger partial charge on any atom is -0.507 e. The van der Waals surface area contributed by atoms with E-state index in [2.05, 4.69) is 0 Å². The maximum atomic E-state index is 13.4. The summed E-state index contributed by atoms with van der Waals surface area (Å²) in [6.45, 7) is 3.85. The molecule has 0 bridgehead atoms. The van der Waals surface area contributed by atoms with E-state index < -0.39 is 17.7 Å². The molecule has 1 heterocycles. The van der Waals surface area contributed by atoms with Crippen molar-refractivity contribution in [3.63, 3.8) is 0 Å². The number of Topliss-reactive ketones (excluding diaryl/α,β-unsaturated/α-hetero) is 1. The first-order valence-corrected chi connectivity index (χ1v) is 11.1. The second kappa shape index (κ2) is 9.54. The van der Waals surface area contributed by atoms with Crippen LogP contribution in [0.1, 0.15) is 28.3 Å². The maximum Gasteiger partial charge on any atom is 0.300 e. The molecule has 1 atom stereocenters. The molecule has 7 heteroatoms. The molecule has 35 heavy (non-hydrogen) atoms. The zero-order chi connectivity index (χ0) is 25.3. The molecular weight excluding hydrogens is 446 g/mol. The first-order valence-electron chi connectivity index (χ1n) is 11.1. The van der Waals surface area contributed by atoms with E-state index in [-0.39, 0.29) is 11.3 Å². The predicted molar refractivity (Wildman–Crippen MR) is 133 cm³/mol. The molecule has 1 aliphatic rings. The zero-order valence-electron chi connectivity index (χ0n) is 20.3. The van der Waals surface area contributed by atoms with Gasteiger partial charge in [-0.2, -0.15) is 0 Å². The summed E-state index contributed by atoms with van der Waals surface area (Å²) in [6.07, 6.45) is 0. The Balaban J connectivity index is 1.96. The van der Waals surface area contributed by atoms with Crippen molar-refractivity contribution in [3.05, 3.63) is 88.5 Å². The van der Waals surface area contributed by atoms with Crippen molar-refractivity contribution in [1.29, 1.82) is 0 Å². The highest BCUT2D eigenvalue weighted by Gasteiger charge is 2.47. The molecule has 0 aliphatic carbocycles. The van der Waals surface area contributed by atoms with Crippen molar-refractivity contribution in [2.45, 2.75) is 19.9 Å². The smallest absolute Gasteiger partial charge is 0.300 e. The van der Waals surface area contributed by atoms with E-state index in [1.54, 1.807) is 55.6 Å². The lowest BCUT2D eigenvalue weighted by atomic mass is 9.94. The molecule has 1 unspecified atom stereocenters. The number of rotatable bonds is 6. The minimum atomic E-state index is -0.838. The van der Waals surface area contributed by atoms with E-state index in [1.807, 2.05) is 26.0 Å². The third-order valence-corrected chi connectivity index (χ3v) is 6.37. The van der Waals surface area contributed by atoms with Gasteiger partial charge in [-0.1, -0.05) is 24.3 Å². The number of hydrogen-bond acceptors (Lipinski definition) is 6. The maximum absolute atomic E-state index is 13.4. The van der Waals surface area contributed by atoms with Crippen LogP contribution in [-0.2, 0) is 9.59 Å². The van der Waals surface area contributed by atoms with Crippen LogP contribution < -0.4 is 19.1 Å². The normalized spacial score (nSPS) is 16.9. The summed E-state index contributed by atoms with van der Waals surface area (Å²) in [5.74, 6) is -0.260. The summed E-state index contributed by atoms with van der Waals surface area (Å²) in [4.78, 5) is 28.3. The molecule has 0 spiro atoms. The summed E-state index contributed by atoms with van der Waals surface area (Å²) >= 11 is 0. The lowest BCUT2D eigenvalue weighted by molar-refractivity contribution is -0.132. The van der Waals surface area contributed by atoms with Crippen LogP contribution in [0.5, 0.6) is 17.2 Å². The Hall–Kier alpha value is -4.26. The predicted octanol–water partition coefficient (Wildman–Crippen LogP) is 4.96. The summed E-state index contributed by atoms with van der Waals surface area (Å²) in [5.41, 5.74) is 3.46. The summed E-state index contributed by atoms with van der Waals surface area (Å²) in [6, 6.07) is 16.7. The highest BCUT2D eigenvalue weighted by Crippen LogP contribution is 2.44. The van der Waals surface area contributed by atoms with E-state index >= 15 is 0 Å². The standard InChI is InChI=1S/C28H27NO6/c1-16-7-6-8-21(17(16)2)29-25(18-9-12-20(33-3)13-10-18)24(27(31)28(29)32)26(30)19-11-14-22(34-4)23(15-19)35-5/h6-15,25,30H,1-5H3/b26-24+. The Morgan fingerprint density at radius 2 is 1.54 bits per heavy atom. The van der Waals surface area contributed by atoms with Gasteiger partial charge in [0.05, 0.1) is 32.9 Å². The molecule has 7 nitrogen and oxygen atoms in total. The van der Waals surface area contributed by atoms with Crippen molar-refractivity contribution < 1.29 is 28.9 Å². The molecule has 3 aromatic carbocycles. The molecule has 1 fully saturated rings. The van der Waals surface area contributed by atoms with Gasteiger partial charge in [0.25, 0.3) is 11.7 Å². The van der Waals surface area contributed by atoms with E-state index in [0.29, 0.717) is 34.1 Å². The molecule has 3 aromatic rings. The molecule has 1 saturated heterocycles. The van der Waals surface area contributed by atoms with Crippen molar-refractivity contribution in [1.82, 2.24) is 0 Å². The van der Waals surface area contributed by atoms with Crippen LogP contribution in [0.15, 0.2) is 66.2 Å². The average Bonchev–Trinajstić information content (AvgIpc) is 3.14. The van der Waals surface area contributed by atoms with Gasteiger partial charge in [-0.3, -0.25) is 14.5 Å². The van der Waals surface area contributed by atoms with Gasteiger partial charge in [-0.25, -0.2) is 0 Å². The number of hydrogen-bond donors (Lipinski definition) is 1. The molecule has 1 N–H and O–H groups in total. The van der Waals surface area contributed by atoms with Crippen LogP contribution in [0, 0.1) is 13.8 Å². The lowest BCUT2D eigenvalue weighted by Gasteiger charge is -2.27. The fourth-order valence-corrected chi connectivity index (χ4v) is 4.32. The number of aliphatic hydroxyl groups is 1. The number of amides is 1. The average molecular weight is 474 g/mol. The van der Waals surface area contributed by atoms with Crippen molar-refractivity contribution >= 4 is 23.1 Å². The van der Waals surface area contributed by atoms with Gasteiger partial charge in [0.2, 0.25) is 0 Å². The topological polar surface area (TPSA) is 85.3 Å². The number of benzene rings is 3. The van der Waals surface area contributed by atoms with Crippen molar-refractivity contribution in [2.75, 3.05) is 26.2 Å². The van der Waals surface area contributed by atoms with E-state index in [4.69, 9.17) is 14.2 Å². The van der Waals surface area contributed by atoms with E-state index in [1.165, 1.54) is 19.1 Å². The van der Waals surface area contributed by atoms with Gasteiger partial charge >= 0.3 is 0 Å². The highest BCUT2D eigenvalue weighted by atomic mass is 16.5. The van der Waals surface area contributed by atoms with Gasteiger partial charge in [-0.15, -0.1) is 0 Å². The van der Waals surface area contributed by atoms with Crippen molar-refractivity contribution in [2.24, 2.45) is 0 Å². The van der Waals surface area contributed by atoms with Crippen LogP contribution >= 0.6 is 0 Å². The minimum absolute atomic E-state index is 0.00621. The molecular formula is C28H27NO6. The van der Waals surface area contributed by atoms with Crippen molar-refractivity contribution in [3.8, 4) is 17.2 Å². The third-order valence-electron chi connectivity index (χ3n) is 6.37. The van der Waals surface area contributed by atoms with Gasteiger partial charge in [-0.05, 0) is 66.9 Å².